The number of hydrogen-bond donors (Lipinski definition) is 3. The van der Waals surface area contributed by atoms with Gasteiger partial charge in [-0.15, -0.1) is 0 Å². The number of halogens is 1. The molecule has 0 bridgehead atoms. The number of carboxylic acid groups (broad SMARTS) is 1. The minimum absolute atomic E-state index is 0.0405. The lowest BCUT2D eigenvalue weighted by atomic mass is 10.0. The van der Waals surface area contributed by atoms with Crippen LogP contribution >= 0.6 is 11.6 Å². The summed E-state index contributed by atoms with van der Waals surface area (Å²) >= 11 is 5.78. The number of hydrogen-bond acceptors (Lipinski definition) is 4. The molecule has 1 aliphatic rings. The monoisotopic (exact) mass is 298 g/mol. The van der Waals surface area contributed by atoms with Crippen molar-refractivity contribution >= 4 is 29.2 Å². The van der Waals surface area contributed by atoms with Crippen LogP contribution in [0.25, 0.3) is 0 Å². The third kappa shape index (κ3) is 3.09. The van der Waals surface area contributed by atoms with E-state index in [0.717, 1.165) is 0 Å². The van der Waals surface area contributed by atoms with E-state index in [2.05, 4.69) is 10.6 Å². The lowest BCUT2D eigenvalue weighted by molar-refractivity contribution is -0.120. The number of carboxylic acids is 1. The van der Waals surface area contributed by atoms with Crippen LogP contribution in [0, 0.1) is 5.92 Å². The Morgan fingerprint density at radius 2 is 2.15 bits per heavy atom. The van der Waals surface area contributed by atoms with E-state index in [1.54, 1.807) is 13.1 Å². The van der Waals surface area contributed by atoms with Crippen molar-refractivity contribution < 1.29 is 19.4 Å². The zero-order valence-electron chi connectivity index (χ0n) is 10.9. The van der Waals surface area contributed by atoms with Crippen LogP contribution in [0.3, 0.4) is 0 Å². The minimum Gasteiger partial charge on any atom is -0.478 e. The molecule has 0 radical (unpaired) electrons. The van der Waals surface area contributed by atoms with Gasteiger partial charge in [-0.2, -0.15) is 0 Å². The molecule has 1 aromatic rings. The number of amides is 1. The van der Waals surface area contributed by atoms with Crippen molar-refractivity contribution in [2.45, 2.75) is 6.04 Å². The van der Waals surface area contributed by atoms with Crippen LogP contribution in [0.15, 0.2) is 18.2 Å². The van der Waals surface area contributed by atoms with Crippen LogP contribution in [0.1, 0.15) is 10.4 Å². The molecule has 1 aromatic carbocycles. The number of carbonyl (C=O) groups excluding carboxylic acids is 1. The Kier molecular flexibility index (Phi) is 4.59. The van der Waals surface area contributed by atoms with Gasteiger partial charge < -0.3 is 20.5 Å². The summed E-state index contributed by atoms with van der Waals surface area (Å²) in [4.78, 5) is 23.1. The van der Waals surface area contributed by atoms with E-state index in [9.17, 15) is 9.59 Å². The van der Waals surface area contributed by atoms with Crippen LogP contribution in [0.5, 0.6) is 0 Å². The average molecular weight is 299 g/mol. The number of rotatable bonds is 4. The van der Waals surface area contributed by atoms with Crippen LogP contribution in [0.2, 0.25) is 5.02 Å². The summed E-state index contributed by atoms with van der Waals surface area (Å²) in [5, 5.41) is 14.8. The number of nitrogens with one attached hydrogen (secondary N) is 2. The Hall–Kier alpha value is -1.63. The maximum atomic E-state index is 12.1. The number of ether oxygens (including phenoxy) is 1. The van der Waals surface area contributed by atoms with Crippen molar-refractivity contribution in [1.82, 2.24) is 5.32 Å². The molecule has 2 atom stereocenters. The SMILES string of the molecule is CNC1COCC1C(=O)Nc1ccc(Cl)c(C(=O)O)c1. The Morgan fingerprint density at radius 1 is 1.40 bits per heavy atom. The summed E-state index contributed by atoms with van der Waals surface area (Å²) in [5.41, 5.74) is 0.357. The van der Waals surface area contributed by atoms with Crippen molar-refractivity contribution in [2.75, 3.05) is 25.6 Å². The van der Waals surface area contributed by atoms with Gasteiger partial charge >= 0.3 is 5.97 Å². The van der Waals surface area contributed by atoms with E-state index in [1.165, 1.54) is 12.1 Å². The van der Waals surface area contributed by atoms with Crippen molar-refractivity contribution in [1.29, 1.82) is 0 Å². The number of benzene rings is 1. The highest BCUT2D eigenvalue weighted by Gasteiger charge is 2.33. The second kappa shape index (κ2) is 6.21. The van der Waals surface area contributed by atoms with E-state index in [4.69, 9.17) is 21.4 Å². The van der Waals surface area contributed by atoms with E-state index in [-0.39, 0.29) is 28.5 Å². The summed E-state index contributed by atoms with van der Waals surface area (Å²) in [6.45, 7) is 0.826. The molecule has 7 heteroatoms. The van der Waals surface area contributed by atoms with Crippen molar-refractivity contribution in [3.63, 3.8) is 0 Å². The van der Waals surface area contributed by atoms with E-state index in [1.807, 2.05) is 0 Å². The number of aromatic carboxylic acids is 1. The number of carbonyl (C=O) groups is 2. The molecule has 0 saturated carbocycles. The molecule has 3 N–H and O–H groups in total. The Labute approximate surface area is 121 Å². The first-order chi connectivity index (χ1) is 9.52. The van der Waals surface area contributed by atoms with Crippen LogP contribution in [-0.4, -0.2) is 43.3 Å². The highest BCUT2D eigenvalue weighted by molar-refractivity contribution is 6.33. The van der Waals surface area contributed by atoms with Gasteiger partial charge in [0.25, 0.3) is 0 Å². The van der Waals surface area contributed by atoms with Crippen molar-refractivity contribution in [3.8, 4) is 0 Å². The highest BCUT2D eigenvalue weighted by Crippen LogP contribution is 2.22. The summed E-state index contributed by atoms with van der Waals surface area (Å²) in [6, 6.07) is 4.31. The molecule has 20 heavy (non-hydrogen) atoms. The molecule has 1 heterocycles. The zero-order valence-corrected chi connectivity index (χ0v) is 11.6. The van der Waals surface area contributed by atoms with Crippen molar-refractivity contribution in [2.24, 2.45) is 5.92 Å². The van der Waals surface area contributed by atoms with Crippen LogP contribution < -0.4 is 10.6 Å². The largest absolute Gasteiger partial charge is 0.478 e. The fourth-order valence-electron chi connectivity index (χ4n) is 2.10. The van der Waals surface area contributed by atoms with E-state index in [0.29, 0.717) is 18.9 Å². The Bertz CT molecular complexity index is 535. The fourth-order valence-corrected chi connectivity index (χ4v) is 2.30. The second-order valence-electron chi connectivity index (χ2n) is 4.53. The molecule has 1 fully saturated rings. The predicted molar refractivity (Wildman–Crippen MR) is 74.2 cm³/mol. The van der Waals surface area contributed by atoms with Gasteiger partial charge in [0.05, 0.1) is 29.7 Å². The molecule has 1 amide bonds. The van der Waals surface area contributed by atoms with Crippen LogP contribution in [-0.2, 0) is 9.53 Å². The lowest BCUT2D eigenvalue weighted by Crippen LogP contribution is -2.39. The standard InChI is InChI=1S/C13H15ClN2O4/c1-15-11-6-20-5-9(11)12(17)16-7-2-3-10(14)8(4-7)13(18)19/h2-4,9,11,15H,5-6H2,1H3,(H,16,17)(H,18,19). The molecule has 1 aliphatic heterocycles. The van der Waals surface area contributed by atoms with E-state index >= 15 is 0 Å². The second-order valence-corrected chi connectivity index (χ2v) is 4.94. The first-order valence-corrected chi connectivity index (χ1v) is 6.49. The molecule has 1 saturated heterocycles. The van der Waals surface area contributed by atoms with Gasteiger partial charge in [-0.25, -0.2) is 4.79 Å². The van der Waals surface area contributed by atoms with Gasteiger partial charge in [0.15, 0.2) is 0 Å². The molecule has 2 unspecified atom stereocenters. The van der Waals surface area contributed by atoms with Gasteiger partial charge in [0, 0.05) is 11.7 Å². The average Bonchev–Trinajstić information content (AvgIpc) is 2.89. The summed E-state index contributed by atoms with van der Waals surface area (Å²) in [7, 11) is 1.77. The first kappa shape index (κ1) is 14.8. The van der Waals surface area contributed by atoms with Gasteiger partial charge in [-0.1, -0.05) is 11.6 Å². The minimum atomic E-state index is -1.14. The van der Waals surface area contributed by atoms with Gasteiger partial charge in [-0.05, 0) is 25.2 Å². The summed E-state index contributed by atoms with van der Waals surface area (Å²) < 4.78 is 5.26. The molecule has 0 aromatic heterocycles. The Balaban J connectivity index is 2.12. The first-order valence-electron chi connectivity index (χ1n) is 6.11. The number of anilines is 1. The maximum Gasteiger partial charge on any atom is 0.337 e. The molecule has 108 valence electrons. The normalized spacial score (nSPS) is 21.7. The molecule has 0 aliphatic carbocycles. The smallest absolute Gasteiger partial charge is 0.337 e. The zero-order chi connectivity index (χ0) is 14.7. The third-order valence-electron chi connectivity index (χ3n) is 3.25. The maximum absolute atomic E-state index is 12.1. The number of likely N-dealkylation sites (N-methyl/N-ethyl adjacent to an activating group) is 1. The third-order valence-corrected chi connectivity index (χ3v) is 3.58. The fraction of sp³-hybridized carbons (Fsp3) is 0.385. The summed E-state index contributed by atoms with van der Waals surface area (Å²) in [6.07, 6.45) is 0. The van der Waals surface area contributed by atoms with Crippen LogP contribution in [0.4, 0.5) is 5.69 Å². The topological polar surface area (TPSA) is 87.7 Å². The molecule has 0 spiro atoms. The Morgan fingerprint density at radius 3 is 2.80 bits per heavy atom. The highest BCUT2D eigenvalue weighted by atomic mass is 35.5. The molecule has 6 nitrogen and oxygen atoms in total. The quantitative estimate of drug-likeness (QED) is 0.778. The predicted octanol–water partition coefficient (Wildman–Crippen LogP) is 1.21. The molecular formula is C13H15ClN2O4. The lowest BCUT2D eigenvalue weighted by Gasteiger charge is -2.16. The van der Waals surface area contributed by atoms with Gasteiger partial charge in [0.1, 0.15) is 0 Å². The van der Waals surface area contributed by atoms with E-state index < -0.39 is 5.97 Å². The van der Waals surface area contributed by atoms with Crippen molar-refractivity contribution in [3.05, 3.63) is 28.8 Å². The molecular weight excluding hydrogens is 284 g/mol. The summed E-state index contributed by atoms with van der Waals surface area (Å²) in [5.74, 6) is -1.65. The van der Waals surface area contributed by atoms with Gasteiger partial charge in [0.2, 0.25) is 5.91 Å². The van der Waals surface area contributed by atoms with Gasteiger partial charge in [-0.3, -0.25) is 4.79 Å². The molecule has 2 rings (SSSR count).